The Kier molecular flexibility index (Phi) is 3.93. The highest BCUT2D eigenvalue weighted by Gasteiger charge is 2.31. The maximum Gasteiger partial charge on any atom is 0.237 e. The molecule has 1 saturated heterocycles. The van der Waals surface area contributed by atoms with Crippen molar-refractivity contribution in [3.8, 4) is 0 Å². The number of amides is 1. The van der Waals surface area contributed by atoms with Gasteiger partial charge in [-0.1, -0.05) is 20.8 Å². The van der Waals surface area contributed by atoms with Crippen molar-refractivity contribution >= 4 is 5.91 Å². The Morgan fingerprint density at radius 1 is 1.50 bits per heavy atom. The van der Waals surface area contributed by atoms with Gasteiger partial charge in [-0.2, -0.15) is 0 Å². The SMILES string of the molecule is CC[C@@H]1CCN(C)N1C(=O)CC(C)C. The molecule has 0 aliphatic carbocycles. The summed E-state index contributed by atoms with van der Waals surface area (Å²) in [4.78, 5) is 11.9. The second-order valence-corrected chi connectivity index (χ2v) is 4.57. The Bertz CT molecular complexity index is 203. The van der Waals surface area contributed by atoms with E-state index in [9.17, 15) is 4.79 Å². The Morgan fingerprint density at radius 3 is 2.64 bits per heavy atom. The van der Waals surface area contributed by atoms with Crippen molar-refractivity contribution in [2.75, 3.05) is 13.6 Å². The molecule has 0 spiro atoms. The van der Waals surface area contributed by atoms with Crippen LogP contribution in [0.1, 0.15) is 40.0 Å². The summed E-state index contributed by atoms with van der Waals surface area (Å²) >= 11 is 0. The molecule has 0 unspecified atom stereocenters. The van der Waals surface area contributed by atoms with E-state index in [1.165, 1.54) is 0 Å². The largest absolute Gasteiger partial charge is 0.273 e. The Labute approximate surface area is 87.0 Å². The van der Waals surface area contributed by atoms with E-state index in [1.807, 2.05) is 12.1 Å². The number of rotatable bonds is 3. The summed E-state index contributed by atoms with van der Waals surface area (Å²) in [7, 11) is 2.01. The first kappa shape index (κ1) is 11.5. The first-order valence-electron chi connectivity index (χ1n) is 5.59. The van der Waals surface area contributed by atoms with E-state index in [-0.39, 0.29) is 5.91 Å². The van der Waals surface area contributed by atoms with Crippen LogP contribution in [0.3, 0.4) is 0 Å². The van der Waals surface area contributed by atoms with Gasteiger partial charge in [-0.15, -0.1) is 0 Å². The minimum atomic E-state index is 0.284. The van der Waals surface area contributed by atoms with Gasteiger partial charge in [0, 0.05) is 26.1 Å². The summed E-state index contributed by atoms with van der Waals surface area (Å²) in [6.45, 7) is 7.35. The number of carbonyl (C=O) groups is 1. The van der Waals surface area contributed by atoms with Crippen molar-refractivity contribution in [3.63, 3.8) is 0 Å². The average Bonchev–Trinajstić information content (AvgIpc) is 2.45. The molecule has 0 aromatic carbocycles. The molecular formula is C11H22N2O. The topological polar surface area (TPSA) is 23.6 Å². The Hall–Kier alpha value is -0.570. The molecule has 0 N–H and O–H groups in total. The van der Waals surface area contributed by atoms with Crippen LogP contribution in [0.2, 0.25) is 0 Å². The van der Waals surface area contributed by atoms with Crippen LogP contribution in [-0.4, -0.2) is 35.6 Å². The predicted octanol–water partition coefficient (Wildman–Crippen LogP) is 1.89. The molecule has 3 heteroatoms. The maximum atomic E-state index is 11.9. The van der Waals surface area contributed by atoms with Crippen molar-refractivity contribution in [1.82, 2.24) is 10.0 Å². The van der Waals surface area contributed by atoms with Crippen LogP contribution in [0.25, 0.3) is 0 Å². The van der Waals surface area contributed by atoms with Gasteiger partial charge in [0.1, 0.15) is 0 Å². The highest BCUT2D eigenvalue weighted by Crippen LogP contribution is 2.21. The predicted molar refractivity (Wildman–Crippen MR) is 57.6 cm³/mol. The van der Waals surface area contributed by atoms with Crippen molar-refractivity contribution < 1.29 is 4.79 Å². The van der Waals surface area contributed by atoms with Gasteiger partial charge in [-0.3, -0.25) is 9.80 Å². The lowest BCUT2D eigenvalue weighted by Gasteiger charge is -2.29. The number of hydrogen-bond acceptors (Lipinski definition) is 2. The van der Waals surface area contributed by atoms with Gasteiger partial charge >= 0.3 is 0 Å². The van der Waals surface area contributed by atoms with E-state index in [4.69, 9.17) is 0 Å². The Balaban J connectivity index is 2.59. The second kappa shape index (κ2) is 4.78. The highest BCUT2D eigenvalue weighted by molar-refractivity contribution is 5.76. The summed E-state index contributed by atoms with van der Waals surface area (Å²) in [6, 6.07) is 0.436. The number of hydrazine groups is 1. The third-order valence-electron chi connectivity index (χ3n) is 2.81. The molecule has 0 aromatic rings. The first-order chi connectivity index (χ1) is 6.56. The van der Waals surface area contributed by atoms with Gasteiger partial charge in [-0.25, -0.2) is 5.01 Å². The van der Waals surface area contributed by atoms with Crippen LogP contribution in [0, 0.1) is 5.92 Å². The van der Waals surface area contributed by atoms with Crippen LogP contribution in [0.5, 0.6) is 0 Å². The van der Waals surface area contributed by atoms with E-state index >= 15 is 0 Å². The average molecular weight is 198 g/mol. The lowest BCUT2D eigenvalue weighted by atomic mass is 10.1. The molecule has 0 bridgehead atoms. The minimum absolute atomic E-state index is 0.284. The normalized spacial score (nSPS) is 23.5. The lowest BCUT2D eigenvalue weighted by Crippen LogP contribution is -2.43. The van der Waals surface area contributed by atoms with Gasteiger partial charge in [0.05, 0.1) is 0 Å². The van der Waals surface area contributed by atoms with E-state index in [0.29, 0.717) is 18.4 Å². The Morgan fingerprint density at radius 2 is 2.14 bits per heavy atom. The standard InChI is InChI=1S/C11H22N2O/c1-5-10-6-7-12(4)13(10)11(14)8-9(2)3/h9-10H,5-8H2,1-4H3/t10-/m1/s1. The molecular weight excluding hydrogens is 176 g/mol. The molecule has 1 amide bonds. The molecule has 1 aliphatic heterocycles. The molecule has 3 nitrogen and oxygen atoms in total. The smallest absolute Gasteiger partial charge is 0.237 e. The fraction of sp³-hybridized carbons (Fsp3) is 0.909. The first-order valence-corrected chi connectivity index (χ1v) is 5.59. The maximum absolute atomic E-state index is 11.9. The van der Waals surface area contributed by atoms with Crippen LogP contribution in [0.15, 0.2) is 0 Å². The zero-order valence-corrected chi connectivity index (χ0v) is 9.79. The summed E-state index contributed by atoms with van der Waals surface area (Å²) in [5.74, 6) is 0.737. The molecule has 0 saturated carbocycles. The van der Waals surface area contributed by atoms with Gasteiger partial charge in [0.2, 0.25) is 5.91 Å². The number of hydrogen-bond donors (Lipinski definition) is 0. The van der Waals surface area contributed by atoms with Gasteiger partial charge < -0.3 is 0 Å². The fourth-order valence-corrected chi connectivity index (χ4v) is 2.06. The molecule has 1 fully saturated rings. The van der Waals surface area contributed by atoms with E-state index in [1.54, 1.807) is 0 Å². The fourth-order valence-electron chi connectivity index (χ4n) is 2.06. The molecule has 82 valence electrons. The minimum Gasteiger partial charge on any atom is -0.273 e. The van der Waals surface area contributed by atoms with Crippen LogP contribution >= 0.6 is 0 Å². The summed E-state index contributed by atoms with van der Waals surface area (Å²) < 4.78 is 0. The zero-order chi connectivity index (χ0) is 10.7. The second-order valence-electron chi connectivity index (χ2n) is 4.57. The van der Waals surface area contributed by atoms with Gasteiger partial charge in [-0.05, 0) is 18.8 Å². The molecule has 1 atom stereocenters. The molecule has 14 heavy (non-hydrogen) atoms. The van der Waals surface area contributed by atoms with Crippen LogP contribution in [-0.2, 0) is 4.79 Å². The molecule has 1 rings (SSSR count). The molecule has 0 radical (unpaired) electrons. The van der Waals surface area contributed by atoms with E-state index in [2.05, 4.69) is 25.8 Å². The summed E-state index contributed by atoms with van der Waals surface area (Å²) in [6.07, 6.45) is 2.85. The summed E-state index contributed by atoms with van der Waals surface area (Å²) in [5, 5.41) is 4.03. The van der Waals surface area contributed by atoms with Crippen molar-refractivity contribution in [3.05, 3.63) is 0 Å². The monoisotopic (exact) mass is 198 g/mol. The van der Waals surface area contributed by atoms with Crippen molar-refractivity contribution in [2.24, 2.45) is 5.92 Å². The zero-order valence-electron chi connectivity index (χ0n) is 9.79. The van der Waals surface area contributed by atoms with Gasteiger partial charge in [0.15, 0.2) is 0 Å². The molecule has 1 aliphatic rings. The lowest BCUT2D eigenvalue weighted by molar-refractivity contribution is -0.146. The van der Waals surface area contributed by atoms with Crippen LogP contribution < -0.4 is 0 Å². The quantitative estimate of drug-likeness (QED) is 0.691. The summed E-state index contributed by atoms with van der Waals surface area (Å²) in [5.41, 5.74) is 0. The third-order valence-corrected chi connectivity index (χ3v) is 2.81. The number of nitrogens with zero attached hydrogens (tertiary/aromatic N) is 2. The highest BCUT2D eigenvalue weighted by atomic mass is 16.2. The van der Waals surface area contributed by atoms with Crippen molar-refractivity contribution in [1.29, 1.82) is 0 Å². The van der Waals surface area contributed by atoms with E-state index in [0.717, 1.165) is 19.4 Å². The number of carbonyl (C=O) groups excluding carboxylic acids is 1. The van der Waals surface area contributed by atoms with Crippen molar-refractivity contribution in [2.45, 2.75) is 46.1 Å². The molecule has 1 heterocycles. The van der Waals surface area contributed by atoms with Gasteiger partial charge in [0.25, 0.3) is 0 Å². The third kappa shape index (κ3) is 2.47. The van der Waals surface area contributed by atoms with E-state index < -0.39 is 0 Å². The van der Waals surface area contributed by atoms with Crippen LogP contribution in [0.4, 0.5) is 0 Å². The molecule has 0 aromatic heterocycles.